The summed E-state index contributed by atoms with van der Waals surface area (Å²) in [5.41, 5.74) is 1.33. The van der Waals surface area contributed by atoms with E-state index in [1.165, 1.54) is 31.2 Å². The highest BCUT2D eigenvalue weighted by Crippen LogP contribution is 2.38. The second kappa shape index (κ2) is 10.2. The summed E-state index contributed by atoms with van der Waals surface area (Å²) in [6.07, 6.45) is 4.66. The molecule has 0 amide bonds. The Hall–Kier alpha value is -1.86. The molecule has 0 aliphatic heterocycles. The largest absolute Gasteiger partial charge is 0.491 e. The van der Waals surface area contributed by atoms with Crippen LogP contribution in [0.4, 0.5) is 0 Å². The molecule has 2 rings (SSSR count). The van der Waals surface area contributed by atoms with Crippen molar-refractivity contribution in [1.82, 2.24) is 5.32 Å². The number of nitrogens with one attached hydrogen (secondary N) is 1. The SMILES string of the molecule is CC(C)(C)NC[C@@H](O)COc1ccccc1C1CCCC1.O=[N+]([O-])O. The topological polar surface area (TPSA) is 105 Å². The zero-order chi connectivity index (χ0) is 18.9. The number of aliphatic hydroxyl groups is 1. The van der Waals surface area contributed by atoms with E-state index in [1.807, 2.05) is 12.1 Å². The molecule has 25 heavy (non-hydrogen) atoms. The van der Waals surface area contributed by atoms with E-state index < -0.39 is 11.2 Å². The summed E-state index contributed by atoms with van der Waals surface area (Å²) < 4.78 is 5.89. The molecule has 142 valence electrons. The Balaban J connectivity index is 0.000000705. The van der Waals surface area contributed by atoms with Crippen molar-refractivity contribution >= 4 is 0 Å². The van der Waals surface area contributed by atoms with Gasteiger partial charge in [0.2, 0.25) is 0 Å². The van der Waals surface area contributed by atoms with Crippen LogP contribution in [0, 0.1) is 10.1 Å². The summed E-state index contributed by atoms with van der Waals surface area (Å²) in [6, 6.07) is 8.29. The lowest BCUT2D eigenvalue weighted by Gasteiger charge is -2.23. The van der Waals surface area contributed by atoms with Crippen molar-refractivity contribution < 1.29 is 20.1 Å². The molecule has 0 aromatic heterocycles. The van der Waals surface area contributed by atoms with Crippen LogP contribution in [0.2, 0.25) is 0 Å². The Bertz CT molecular complexity index is 520. The van der Waals surface area contributed by atoms with Crippen molar-refractivity contribution in [2.24, 2.45) is 0 Å². The van der Waals surface area contributed by atoms with Crippen LogP contribution in [0.1, 0.15) is 57.9 Å². The van der Waals surface area contributed by atoms with Gasteiger partial charge in [-0.3, -0.25) is 0 Å². The maximum atomic E-state index is 10.0. The molecule has 0 heterocycles. The molecular formula is C18H30N2O5. The van der Waals surface area contributed by atoms with Gasteiger partial charge in [-0.25, -0.2) is 0 Å². The average Bonchev–Trinajstić information content (AvgIpc) is 3.04. The van der Waals surface area contributed by atoms with E-state index in [1.54, 1.807) is 0 Å². The molecular weight excluding hydrogens is 324 g/mol. The second-order valence-electron chi connectivity index (χ2n) is 7.35. The molecule has 1 aromatic carbocycles. The van der Waals surface area contributed by atoms with Gasteiger partial charge in [-0.1, -0.05) is 31.0 Å². The number of aliphatic hydroxyl groups excluding tert-OH is 1. The predicted molar refractivity (Wildman–Crippen MR) is 95.7 cm³/mol. The van der Waals surface area contributed by atoms with Gasteiger partial charge >= 0.3 is 0 Å². The molecule has 1 saturated carbocycles. The summed E-state index contributed by atoms with van der Waals surface area (Å²) >= 11 is 0. The Morgan fingerprint density at radius 1 is 1.32 bits per heavy atom. The van der Waals surface area contributed by atoms with E-state index >= 15 is 0 Å². The number of β-amino-alcohol motifs (C(OH)–C–C–N with tert-alkyl or cyclic N) is 1. The standard InChI is InChI=1S/C18H29NO2.HNO3/c1-18(2,3)19-12-15(20)13-21-17-11-7-6-10-16(17)14-8-4-5-9-14;2-1(3)4/h6-7,10-11,14-15,19-20H,4-5,8-9,12-13H2,1-3H3;(H,2,3,4)/t15-;/m1./s1. The van der Waals surface area contributed by atoms with E-state index in [-0.39, 0.29) is 5.54 Å². The highest BCUT2D eigenvalue weighted by molar-refractivity contribution is 5.36. The molecule has 1 fully saturated rings. The van der Waals surface area contributed by atoms with Gasteiger partial charge in [0.25, 0.3) is 5.09 Å². The van der Waals surface area contributed by atoms with Gasteiger partial charge < -0.3 is 20.4 Å². The molecule has 0 radical (unpaired) electrons. The first-order valence-electron chi connectivity index (χ1n) is 8.67. The minimum Gasteiger partial charge on any atom is -0.491 e. The summed E-state index contributed by atoms with van der Waals surface area (Å²) in [6.45, 7) is 7.17. The van der Waals surface area contributed by atoms with E-state index in [0.717, 1.165) is 5.75 Å². The van der Waals surface area contributed by atoms with Crippen molar-refractivity contribution in [1.29, 1.82) is 0 Å². The van der Waals surface area contributed by atoms with Crippen LogP contribution < -0.4 is 10.1 Å². The van der Waals surface area contributed by atoms with Crippen LogP contribution >= 0.6 is 0 Å². The van der Waals surface area contributed by atoms with E-state index in [9.17, 15) is 5.11 Å². The molecule has 1 aliphatic carbocycles. The third-order valence-electron chi connectivity index (χ3n) is 4.01. The maximum Gasteiger partial charge on any atom is 0.291 e. The zero-order valence-electron chi connectivity index (χ0n) is 15.3. The zero-order valence-corrected chi connectivity index (χ0v) is 15.3. The molecule has 1 aliphatic rings. The minimum absolute atomic E-state index is 0.0166. The smallest absolute Gasteiger partial charge is 0.291 e. The normalized spacial score (nSPS) is 16.0. The lowest BCUT2D eigenvalue weighted by molar-refractivity contribution is -0.742. The number of nitrogens with zero attached hydrogens (tertiary/aromatic N) is 1. The Morgan fingerprint density at radius 2 is 1.88 bits per heavy atom. The van der Waals surface area contributed by atoms with Gasteiger partial charge in [0.15, 0.2) is 0 Å². The van der Waals surface area contributed by atoms with Crippen LogP contribution in [0.5, 0.6) is 5.75 Å². The number of hydrogen-bond donors (Lipinski definition) is 3. The molecule has 0 bridgehead atoms. The van der Waals surface area contributed by atoms with Crippen molar-refractivity contribution in [2.75, 3.05) is 13.2 Å². The minimum atomic E-state index is -1.50. The Kier molecular flexibility index (Phi) is 8.65. The van der Waals surface area contributed by atoms with Gasteiger partial charge in [-0.15, -0.1) is 10.1 Å². The fourth-order valence-electron chi connectivity index (χ4n) is 2.85. The van der Waals surface area contributed by atoms with Crippen LogP contribution in [-0.4, -0.2) is 40.2 Å². The third-order valence-corrected chi connectivity index (χ3v) is 4.01. The number of benzene rings is 1. The first-order chi connectivity index (χ1) is 11.7. The van der Waals surface area contributed by atoms with Gasteiger partial charge in [0, 0.05) is 12.1 Å². The van der Waals surface area contributed by atoms with Crippen molar-refractivity contribution in [2.45, 2.75) is 64.0 Å². The number of ether oxygens (including phenoxy) is 1. The van der Waals surface area contributed by atoms with Crippen molar-refractivity contribution in [3.8, 4) is 5.75 Å². The second-order valence-corrected chi connectivity index (χ2v) is 7.35. The van der Waals surface area contributed by atoms with E-state index in [4.69, 9.17) is 20.1 Å². The molecule has 7 nitrogen and oxygen atoms in total. The van der Waals surface area contributed by atoms with Gasteiger partial charge in [0.05, 0.1) is 0 Å². The number of para-hydroxylation sites is 1. The molecule has 0 saturated heterocycles. The average molecular weight is 354 g/mol. The van der Waals surface area contributed by atoms with E-state index in [0.29, 0.717) is 19.1 Å². The van der Waals surface area contributed by atoms with Crippen LogP contribution in [0.3, 0.4) is 0 Å². The van der Waals surface area contributed by atoms with Gasteiger partial charge in [0.1, 0.15) is 18.5 Å². The first kappa shape index (κ1) is 21.2. The molecule has 7 heteroatoms. The molecule has 1 atom stereocenters. The lowest BCUT2D eigenvalue weighted by Crippen LogP contribution is -2.42. The molecule has 3 N–H and O–H groups in total. The summed E-state index contributed by atoms with van der Waals surface area (Å²) in [5.74, 6) is 1.57. The highest BCUT2D eigenvalue weighted by atomic mass is 16.9. The van der Waals surface area contributed by atoms with Crippen LogP contribution in [0.25, 0.3) is 0 Å². The Labute approximate surface area is 149 Å². The maximum absolute atomic E-state index is 10.0. The molecule has 1 aromatic rings. The van der Waals surface area contributed by atoms with Crippen LogP contribution in [0.15, 0.2) is 24.3 Å². The first-order valence-corrected chi connectivity index (χ1v) is 8.67. The number of hydrogen-bond acceptors (Lipinski definition) is 5. The Morgan fingerprint density at radius 3 is 2.44 bits per heavy atom. The summed E-state index contributed by atoms with van der Waals surface area (Å²) in [4.78, 5) is 8.36. The van der Waals surface area contributed by atoms with Crippen LogP contribution in [-0.2, 0) is 0 Å². The number of rotatable bonds is 6. The van der Waals surface area contributed by atoms with Crippen molar-refractivity contribution in [3.63, 3.8) is 0 Å². The molecule has 0 spiro atoms. The summed E-state index contributed by atoms with van der Waals surface area (Å²) in [5, 5.41) is 27.0. The van der Waals surface area contributed by atoms with Gasteiger partial charge in [-0.2, -0.15) is 0 Å². The highest BCUT2D eigenvalue weighted by Gasteiger charge is 2.21. The fourth-order valence-corrected chi connectivity index (χ4v) is 2.85. The fraction of sp³-hybridized carbons (Fsp3) is 0.667. The summed E-state index contributed by atoms with van der Waals surface area (Å²) in [7, 11) is 0. The third kappa shape index (κ3) is 9.26. The predicted octanol–water partition coefficient (Wildman–Crippen LogP) is 3.12. The van der Waals surface area contributed by atoms with Gasteiger partial charge in [-0.05, 0) is 51.2 Å². The lowest BCUT2D eigenvalue weighted by atomic mass is 9.97. The monoisotopic (exact) mass is 354 g/mol. The quantitative estimate of drug-likeness (QED) is 0.535. The van der Waals surface area contributed by atoms with E-state index in [2.05, 4.69) is 38.2 Å². The van der Waals surface area contributed by atoms with Crippen molar-refractivity contribution in [3.05, 3.63) is 39.9 Å². The molecule has 0 unspecified atom stereocenters.